The van der Waals surface area contributed by atoms with Gasteiger partial charge >= 0.3 is 0 Å². The number of nitrogens with zero attached hydrogens (tertiary/aromatic N) is 2. The van der Waals surface area contributed by atoms with Crippen LogP contribution >= 0.6 is 0 Å². The van der Waals surface area contributed by atoms with Crippen LogP contribution in [0.4, 0.5) is 4.39 Å². The molecule has 3 rings (SSSR count). The van der Waals surface area contributed by atoms with Crippen molar-refractivity contribution in [2.75, 3.05) is 33.4 Å². The van der Waals surface area contributed by atoms with Gasteiger partial charge in [0.05, 0.1) is 12.8 Å². The molecule has 5 nitrogen and oxygen atoms in total. The quantitative estimate of drug-likeness (QED) is 0.694. The van der Waals surface area contributed by atoms with Crippen LogP contribution in [0.5, 0.6) is 0 Å². The van der Waals surface area contributed by atoms with Gasteiger partial charge in [-0.15, -0.1) is 0 Å². The number of methoxy groups -OCH3 is 1. The Balaban J connectivity index is 1.80. The summed E-state index contributed by atoms with van der Waals surface area (Å²) < 4.78 is 24.4. The van der Waals surface area contributed by atoms with Gasteiger partial charge in [-0.3, -0.25) is 9.69 Å². The SMILES string of the molecule is COCC(=O)N(CC1CN(Cc2ccco2)CC1c1cccc(F)c1)C(C)C. The summed E-state index contributed by atoms with van der Waals surface area (Å²) in [5.74, 6) is 1.04. The maximum absolute atomic E-state index is 13.9. The molecule has 6 heteroatoms. The normalized spacial score (nSPS) is 20.0. The molecule has 1 fully saturated rings. The van der Waals surface area contributed by atoms with E-state index in [1.54, 1.807) is 18.4 Å². The van der Waals surface area contributed by atoms with Gasteiger partial charge in [-0.25, -0.2) is 4.39 Å². The Bertz CT molecular complexity index is 763. The first-order valence-corrected chi connectivity index (χ1v) is 9.76. The summed E-state index contributed by atoms with van der Waals surface area (Å²) in [5.41, 5.74) is 0.981. The molecular weight excluding hydrogens is 359 g/mol. The molecule has 0 saturated carbocycles. The Morgan fingerprint density at radius 1 is 1.32 bits per heavy atom. The van der Waals surface area contributed by atoms with Crippen molar-refractivity contribution in [2.24, 2.45) is 5.92 Å². The lowest BCUT2D eigenvalue weighted by Crippen LogP contribution is -2.43. The molecule has 2 atom stereocenters. The molecule has 2 aromatic rings. The highest BCUT2D eigenvalue weighted by Gasteiger charge is 2.36. The average molecular weight is 388 g/mol. The van der Waals surface area contributed by atoms with Crippen LogP contribution < -0.4 is 0 Å². The van der Waals surface area contributed by atoms with Crippen molar-refractivity contribution < 1.29 is 18.3 Å². The summed E-state index contributed by atoms with van der Waals surface area (Å²) in [5, 5.41) is 0. The van der Waals surface area contributed by atoms with Crippen LogP contribution in [-0.2, 0) is 16.1 Å². The lowest BCUT2D eigenvalue weighted by Gasteiger charge is -2.31. The van der Waals surface area contributed by atoms with E-state index in [1.807, 2.05) is 36.9 Å². The molecule has 152 valence electrons. The lowest BCUT2D eigenvalue weighted by molar-refractivity contribution is -0.137. The van der Waals surface area contributed by atoms with E-state index in [1.165, 1.54) is 13.2 Å². The van der Waals surface area contributed by atoms with E-state index in [9.17, 15) is 9.18 Å². The van der Waals surface area contributed by atoms with Gasteiger partial charge in [-0.05, 0) is 49.6 Å². The molecule has 0 bridgehead atoms. The zero-order chi connectivity index (χ0) is 20.1. The third-order valence-corrected chi connectivity index (χ3v) is 5.40. The van der Waals surface area contributed by atoms with Crippen molar-refractivity contribution >= 4 is 5.91 Å². The minimum atomic E-state index is -0.225. The molecule has 2 heterocycles. The van der Waals surface area contributed by atoms with Gasteiger partial charge in [0.25, 0.3) is 0 Å². The minimum absolute atomic E-state index is 0.0139. The Hall–Kier alpha value is -2.18. The number of amides is 1. The fourth-order valence-electron chi connectivity index (χ4n) is 4.07. The van der Waals surface area contributed by atoms with E-state index >= 15 is 0 Å². The Morgan fingerprint density at radius 3 is 2.79 bits per heavy atom. The number of ether oxygens (including phenoxy) is 1. The number of halogens is 1. The standard InChI is InChI=1S/C22H29FN2O3/c1-16(2)25(22(26)15-27-3)12-18-11-24(13-20-8-5-9-28-20)14-21(18)17-6-4-7-19(23)10-17/h4-10,16,18,21H,11-15H2,1-3H3. The van der Waals surface area contributed by atoms with Crippen LogP contribution in [0.15, 0.2) is 47.1 Å². The van der Waals surface area contributed by atoms with Gasteiger partial charge in [-0.1, -0.05) is 12.1 Å². The van der Waals surface area contributed by atoms with Gasteiger partial charge in [-0.2, -0.15) is 0 Å². The molecule has 0 spiro atoms. The van der Waals surface area contributed by atoms with Crippen LogP contribution in [-0.4, -0.2) is 55.1 Å². The Kier molecular flexibility index (Phi) is 6.86. The van der Waals surface area contributed by atoms with Crippen LogP contribution in [0.1, 0.15) is 31.1 Å². The molecule has 28 heavy (non-hydrogen) atoms. The molecule has 1 saturated heterocycles. The van der Waals surface area contributed by atoms with E-state index in [-0.39, 0.29) is 36.2 Å². The van der Waals surface area contributed by atoms with E-state index in [0.717, 1.165) is 24.4 Å². The van der Waals surface area contributed by atoms with E-state index < -0.39 is 0 Å². The summed E-state index contributed by atoms with van der Waals surface area (Å²) in [6.07, 6.45) is 1.68. The Labute approximate surface area is 166 Å². The van der Waals surface area contributed by atoms with Crippen molar-refractivity contribution in [2.45, 2.75) is 32.4 Å². The van der Waals surface area contributed by atoms with E-state index in [2.05, 4.69) is 4.90 Å². The van der Waals surface area contributed by atoms with Crippen LogP contribution in [0.3, 0.4) is 0 Å². The van der Waals surface area contributed by atoms with Crippen molar-refractivity contribution in [3.63, 3.8) is 0 Å². The smallest absolute Gasteiger partial charge is 0.248 e. The summed E-state index contributed by atoms with van der Waals surface area (Å²) in [4.78, 5) is 16.7. The first-order chi connectivity index (χ1) is 13.5. The first kappa shape index (κ1) is 20.6. The fraction of sp³-hybridized carbons (Fsp3) is 0.500. The number of carbonyl (C=O) groups is 1. The summed E-state index contributed by atoms with van der Waals surface area (Å²) in [6.45, 7) is 7.07. The van der Waals surface area contributed by atoms with E-state index in [4.69, 9.17) is 9.15 Å². The second kappa shape index (κ2) is 9.34. The van der Waals surface area contributed by atoms with Crippen LogP contribution in [0, 0.1) is 11.7 Å². The topological polar surface area (TPSA) is 45.9 Å². The molecule has 0 N–H and O–H groups in total. The van der Waals surface area contributed by atoms with E-state index in [0.29, 0.717) is 13.1 Å². The first-order valence-electron chi connectivity index (χ1n) is 9.76. The number of hydrogen-bond donors (Lipinski definition) is 0. The summed E-state index contributed by atoms with van der Waals surface area (Å²) in [6, 6.07) is 10.8. The molecule has 1 aromatic heterocycles. The number of benzene rings is 1. The van der Waals surface area contributed by atoms with Crippen LogP contribution in [0.2, 0.25) is 0 Å². The fourth-order valence-corrected chi connectivity index (χ4v) is 4.07. The second-order valence-corrected chi connectivity index (χ2v) is 7.77. The molecule has 0 aliphatic carbocycles. The predicted molar refractivity (Wildman–Crippen MR) is 105 cm³/mol. The second-order valence-electron chi connectivity index (χ2n) is 7.77. The summed E-state index contributed by atoms with van der Waals surface area (Å²) in [7, 11) is 1.53. The van der Waals surface area contributed by atoms with Gasteiger partial charge in [0, 0.05) is 38.7 Å². The average Bonchev–Trinajstić information content (AvgIpc) is 3.29. The highest BCUT2D eigenvalue weighted by molar-refractivity contribution is 5.77. The highest BCUT2D eigenvalue weighted by Crippen LogP contribution is 2.34. The maximum Gasteiger partial charge on any atom is 0.248 e. The van der Waals surface area contributed by atoms with Crippen molar-refractivity contribution in [1.82, 2.24) is 9.80 Å². The molecule has 0 radical (unpaired) electrons. The highest BCUT2D eigenvalue weighted by atomic mass is 19.1. The van der Waals surface area contributed by atoms with Gasteiger partial charge in [0.1, 0.15) is 18.2 Å². The zero-order valence-electron chi connectivity index (χ0n) is 16.8. The molecule has 1 aromatic carbocycles. The number of rotatable bonds is 8. The molecular formula is C22H29FN2O3. The zero-order valence-corrected chi connectivity index (χ0v) is 16.8. The van der Waals surface area contributed by atoms with Gasteiger partial charge in [0.15, 0.2) is 0 Å². The predicted octanol–water partition coefficient (Wildman–Crippen LogP) is 3.52. The number of hydrogen-bond acceptors (Lipinski definition) is 4. The minimum Gasteiger partial charge on any atom is -0.468 e. The number of furan rings is 1. The lowest BCUT2D eigenvalue weighted by atomic mass is 9.88. The number of carbonyl (C=O) groups excluding carboxylic acids is 1. The Morgan fingerprint density at radius 2 is 2.14 bits per heavy atom. The van der Waals surface area contributed by atoms with Gasteiger partial charge in [0.2, 0.25) is 5.91 Å². The summed E-state index contributed by atoms with van der Waals surface area (Å²) >= 11 is 0. The van der Waals surface area contributed by atoms with Crippen molar-refractivity contribution in [3.05, 3.63) is 59.8 Å². The maximum atomic E-state index is 13.9. The van der Waals surface area contributed by atoms with Crippen molar-refractivity contribution in [3.8, 4) is 0 Å². The monoisotopic (exact) mass is 388 g/mol. The third-order valence-electron chi connectivity index (χ3n) is 5.40. The third kappa shape index (κ3) is 5.00. The molecule has 2 unspecified atom stereocenters. The molecule has 1 aliphatic heterocycles. The van der Waals surface area contributed by atoms with Crippen molar-refractivity contribution in [1.29, 1.82) is 0 Å². The largest absolute Gasteiger partial charge is 0.468 e. The number of likely N-dealkylation sites (tertiary alicyclic amines) is 1. The van der Waals surface area contributed by atoms with Gasteiger partial charge < -0.3 is 14.1 Å². The molecule has 1 aliphatic rings. The molecule has 1 amide bonds. The van der Waals surface area contributed by atoms with Crippen LogP contribution in [0.25, 0.3) is 0 Å².